The molecule has 1 aliphatic heterocycles. The van der Waals surface area contributed by atoms with Gasteiger partial charge in [0.1, 0.15) is 0 Å². The van der Waals surface area contributed by atoms with Crippen LogP contribution in [0.25, 0.3) is 0 Å². The molecular weight excluding hydrogens is 230 g/mol. The molecular formula is C12H19N5O. The number of hydrogen-bond donors (Lipinski definition) is 2. The van der Waals surface area contributed by atoms with Crippen molar-refractivity contribution in [2.45, 2.75) is 32.4 Å². The predicted octanol–water partition coefficient (Wildman–Crippen LogP) is 0.0255. The molecule has 1 amide bonds. The maximum absolute atomic E-state index is 11.3. The Morgan fingerprint density at radius 2 is 2.33 bits per heavy atom. The number of aromatic nitrogens is 2. The molecule has 2 atom stereocenters. The molecule has 0 aromatic carbocycles. The molecule has 4 N–H and O–H groups in total. The smallest absolute Gasteiger partial charge is 0.225 e. The van der Waals surface area contributed by atoms with Crippen molar-refractivity contribution >= 4 is 11.9 Å². The molecule has 0 spiro atoms. The fraction of sp³-hybridized carbons (Fsp3) is 0.583. The largest absolute Gasteiger partial charge is 0.369 e. The minimum atomic E-state index is -0.248. The number of piperidine rings is 1. The molecule has 0 aliphatic carbocycles. The summed E-state index contributed by atoms with van der Waals surface area (Å²) >= 11 is 0. The Morgan fingerprint density at radius 1 is 1.56 bits per heavy atom. The van der Waals surface area contributed by atoms with Gasteiger partial charge in [-0.25, -0.2) is 9.97 Å². The van der Waals surface area contributed by atoms with Crippen LogP contribution < -0.4 is 16.4 Å². The zero-order chi connectivity index (χ0) is 13.1. The second kappa shape index (κ2) is 5.30. The Bertz CT molecular complexity index is 436. The third kappa shape index (κ3) is 2.59. The van der Waals surface area contributed by atoms with Crippen molar-refractivity contribution in [3.63, 3.8) is 0 Å². The third-order valence-corrected chi connectivity index (χ3v) is 3.45. The number of anilines is 1. The molecule has 0 saturated carbocycles. The predicted molar refractivity (Wildman–Crippen MR) is 68.6 cm³/mol. The number of hydrogen-bond acceptors (Lipinski definition) is 5. The number of nitrogens with two attached hydrogens (primary N) is 2. The first-order valence-corrected chi connectivity index (χ1v) is 6.19. The van der Waals surface area contributed by atoms with Gasteiger partial charge in [0, 0.05) is 25.3 Å². The van der Waals surface area contributed by atoms with Gasteiger partial charge in [-0.2, -0.15) is 0 Å². The molecule has 0 bridgehead atoms. The summed E-state index contributed by atoms with van der Waals surface area (Å²) in [6.45, 7) is 3.08. The zero-order valence-electron chi connectivity index (χ0n) is 10.5. The van der Waals surface area contributed by atoms with Crippen molar-refractivity contribution < 1.29 is 4.79 Å². The van der Waals surface area contributed by atoms with Crippen LogP contribution in [-0.2, 0) is 11.3 Å². The van der Waals surface area contributed by atoms with Crippen LogP contribution in [0.1, 0.15) is 25.5 Å². The van der Waals surface area contributed by atoms with E-state index in [1.807, 2.05) is 4.90 Å². The quantitative estimate of drug-likeness (QED) is 0.787. The maximum Gasteiger partial charge on any atom is 0.225 e. The van der Waals surface area contributed by atoms with E-state index in [0.717, 1.165) is 18.5 Å². The third-order valence-electron chi connectivity index (χ3n) is 3.45. The highest BCUT2D eigenvalue weighted by Crippen LogP contribution is 2.25. The summed E-state index contributed by atoms with van der Waals surface area (Å²) in [6, 6.07) is 2.11. The second-order valence-electron chi connectivity index (χ2n) is 4.73. The van der Waals surface area contributed by atoms with Crippen LogP contribution in [0.5, 0.6) is 0 Å². The topological polar surface area (TPSA) is 98.1 Å². The van der Waals surface area contributed by atoms with E-state index in [9.17, 15) is 4.79 Å². The molecule has 2 heterocycles. The molecule has 2 unspecified atom stereocenters. The normalized spacial score (nSPS) is 24.0. The van der Waals surface area contributed by atoms with Crippen LogP contribution in [0.4, 0.5) is 5.95 Å². The first-order valence-electron chi connectivity index (χ1n) is 6.19. The van der Waals surface area contributed by atoms with Gasteiger partial charge in [0.05, 0.1) is 11.6 Å². The average molecular weight is 249 g/mol. The number of primary amides is 1. The summed E-state index contributed by atoms with van der Waals surface area (Å²) in [7, 11) is 0. The highest BCUT2D eigenvalue weighted by atomic mass is 16.1. The van der Waals surface area contributed by atoms with Gasteiger partial charge in [-0.15, -0.1) is 0 Å². The number of nitrogens with zero attached hydrogens (tertiary/aromatic N) is 3. The van der Waals surface area contributed by atoms with Crippen molar-refractivity contribution in [2.75, 3.05) is 11.4 Å². The van der Waals surface area contributed by atoms with Crippen LogP contribution in [0.3, 0.4) is 0 Å². The van der Waals surface area contributed by atoms with E-state index in [1.54, 1.807) is 12.3 Å². The van der Waals surface area contributed by atoms with Crippen LogP contribution in [-0.4, -0.2) is 28.5 Å². The average Bonchev–Trinajstić information content (AvgIpc) is 2.39. The van der Waals surface area contributed by atoms with Crippen LogP contribution >= 0.6 is 0 Å². The Balaban J connectivity index is 2.21. The Labute approximate surface area is 106 Å². The van der Waals surface area contributed by atoms with E-state index >= 15 is 0 Å². The molecule has 6 heteroatoms. The van der Waals surface area contributed by atoms with Crippen molar-refractivity contribution in [3.05, 3.63) is 18.0 Å². The summed E-state index contributed by atoms with van der Waals surface area (Å²) in [5, 5.41) is 0. The van der Waals surface area contributed by atoms with Gasteiger partial charge in [-0.1, -0.05) is 0 Å². The van der Waals surface area contributed by atoms with E-state index < -0.39 is 0 Å². The van der Waals surface area contributed by atoms with Gasteiger partial charge < -0.3 is 16.4 Å². The lowest BCUT2D eigenvalue weighted by Crippen LogP contribution is -2.46. The standard InChI is InChI=1S/C12H19N5O/c1-8-2-3-9(11(14)18)7-17(8)12-15-5-4-10(6-13)16-12/h4-5,8-9H,2-3,6-7,13H2,1H3,(H2,14,18). The van der Waals surface area contributed by atoms with Gasteiger partial charge in [0.15, 0.2) is 0 Å². The fourth-order valence-electron chi connectivity index (χ4n) is 2.25. The van der Waals surface area contributed by atoms with Gasteiger partial charge in [-0.05, 0) is 25.8 Å². The van der Waals surface area contributed by atoms with E-state index in [-0.39, 0.29) is 11.8 Å². The summed E-state index contributed by atoms with van der Waals surface area (Å²) in [5.74, 6) is 0.268. The maximum atomic E-state index is 11.3. The van der Waals surface area contributed by atoms with E-state index in [4.69, 9.17) is 11.5 Å². The van der Waals surface area contributed by atoms with Crippen LogP contribution in [0.15, 0.2) is 12.3 Å². The zero-order valence-corrected chi connectivity index (χ0v) is 10.5. The second-order valence-corrected chi connectivity index (χ2v) is 4.73. The van der Waals surface area contributed by atoms with E-state index in [2.05, 4.69) is 16.9 Å². The van der Waals surface area contributed by atoms with Gasteiger partial charge in [0.2, 0.25) is 11.9 Å². The highest BCUT2D eigenvalue weighted by molar-refractivity contribution is 5.77. The van der Waals surface area contributed by atoms with Crippen molar-refractivity contribution in [1.29, 1.82) is 0 Å². The van der Waals surface area contributed by atoms with Gasteiger partial charge in [0.25, 0.3) is 0 Å². The lowest BCUT2D eigenvalue weighted by atomic mass is 9.93. The summed E-state index contributed by atoms with van der Waals surface area (Å²) in [6.07, 6.45) is 3.46. The SMILES string of the molecule is CC1CCC(C(N)=O)CN1c1nccc(CN)n1. The molecule has 1 aliphatic rings. The van der Waals surface area contributed by atoms with E-state index in [1.165, 1.54) is 0 Å². The van der Waals surface area contributed by atoms with Crippen LogP contribution in [0, 0.1) is 5.92 Å². The molecule has 1 fully saturated rings. The van der Waals surface area contributed by atoms with Gasteiger partial charge in [-0.3, -0.25) is 4.79 Å². The van der Waals surface area contributed by atoms with Crippen molar-refractivity contribution in [2.24, 2.45) is 17.4 Å². The highest BCUT2D eigenvalue weighted by Gasteiger charge is 2.30. The first kappa shape index (κ1) is 12.8. The summed E-state index contributed by atoms with van der Waals surface area (Å²) in [5.41, 5.74) is 11.8. The minimum absolute atomic E-state index is 0.119. The number of amides is 1. The van der Waals surface area contributed by atoms with Crippen LogP contribution in [0.2, 0.25) is 0 Å². The molecule has 1 saturated heterocycles. The number of carbonyl (C=O) groups excluding carboxylic acids is 1. The first-order chi connectivity index (χ1) is 8.61. The molecule has 1 aromatic rings. The Hall–Kier alpha value is -1.69. The lowest BCUT2D eigenvalue weighted by molar-refractivity contribution is -0.122. The van der Waals surface area contributed by atoms with Gasteiger partial charge >= 0.3 is 0 Å². The monoisotopic (exact) mass is 249 g/mol. The lowest BCUT2D eigenvalue weighted by Gasteiger charge is -2.36. The summed E-state index contributed by atoms with van der Waals surface area (Å²) < 4.78 is 0. The minimum Gasteiger partial charge on any atom is -0.369 e. The molecule has 0 radical (unpaired) electrons. The summed E-state index contributed by atoms with van der Waals surface area (Å²) in [4.78, 5) is 22.0. The Morgan fingerprint density at radius 3 is 3.00 bits per heavy atom. The van der Waals surface area contributed by atoms with E-state index in [0.29, 0.717) is 25.1 Å². The molecule has 1 aromatic heterocycles. The van der Waals surface area contributed by atoms with Crippen molar-refractivity contribution in [1.82, 2.24) is 9.97 Å². The number of rotatable bonds is 3. The van der Waals surface area contributed by atoms with Crippen molar-refractivity contribution in [3.8, 4) is 0 Å². The molecule has 98 valence electrons. The molecule has 2 rings (SSSR count). The Kier molecular flexibility index (Phi) is 3.76. The molecule has 6 nitrogen and oxygen atoms in total. The number of carbonyl (C=O) groups is 1. The molecule has 18 heavy (non-hydrogen) atoms. The fourth-order valence-corrected chi connectivity index (χ4v) is 2.25.